The standard InChI is InChI=1S/C16H22N2O2/c1-11(17)16-14(6-5-7-15(16)19-4)18(3)10-13-8-9-20-12(13)2/h5-9,11H,10,17H2,1-4H3/t11-/m0/s1. The monoisotopic (exact) mass is 274 g/mol. The van der Waals surface area contributed by atoms with Crippen molar-refractivity contribution in [3.8, 4) is 5.75 Å². The summed E-state index contributed by atoms with van der Waals surface area (Å²) in [4.78, 5) is 2.17. The molecule has 0 aliphatic heterocycles. The molecule has 4 heteroatoms. The maximum Gasteiger partial charge on any atom is 0.125 e. The Morgan fingerprint density at radius 3 is 2.65 bits per heavy atom. The van der Waals surface area contributed by atoms with E-state index in [-0.39, 0.29) is 6.04 Å². The average Bonchev–Trinajstić information content (AvgIpc) is 2.83. The Morgan fingerprint density at radius 1 is 1.35 bits per heavy atom. The van der Waals surface area contributed by atoms with Gasteiger partial charge in [0, 0.05) is 36.4 Å². The molecule has 0 radical (unpaired) electrons. The SMILES string of the molecule is COc1cccc(N(C)Cc2ccoc2C)c1[C@H](C)N. The predicted molar refractivity (Wildman–Crippen MR) is 81.1 cm³/mol. The highest BCUT2D eigenvalue weighted by atomic mass is 16.5. The van der Waals surface area contributed by atoms with Gasteiger partial charge in [-0.2, -0.15) is 0 Å². The molecule has 0 aliphatic rings. The second-order valence-corrected chi connectivity index (χ2v) is 5.04. The van der Waals surface area contributed by atoms with E-state index in [1.54, 1.807) is 13.4 Å². The number of aryl methyl sites for hydroxylation is 1. The molecule has 1 heterocycles. The molecule has 0 fully saturated rings. The topological polar surface area (TPSA) is 51.6 Å². The summed E-state index contributed by atoms with van der Waals surface area (Å²) in [5, 5.41) is 0. The van der Waals surface area contributed by atoms with Crippen molar-refractivity contribution in [2.24, 2.45) is 5.73 Å². The lowest BCUT2D eigenvalue weighted by Crippen LogP contribution is -2.20. The largest absolute Gasteiger partial charge is 0.496 e. The molecule has 2 aromatic rings. The Morgan fingerprint density at radius 2 is 2.10 bits per heavy atom. The first-order valence-electron chi connectivity index (χ1n) is 6.71. The van der Waals surface area contributed by atoms with Crippen LogP contribution in [0.5, 0.6) is 5.75 Å². The number of rotatable bonds is 5. The maximum atomic E-state index is 6.11. The van der Waals surface area contributed by atoms with E-state index in [0.29, 0.717) is 0 Å². The number of hydrogen-bond acceptors (Lipinski definition) is 4. The molecule has 0 amide bonds. The third-order valence-electron chi connectivity index (χ3n) is 3.50. The van der Waals surface area contributed by atoms with Gasteiger partial charge in [0.15, 0.2) is 0 Å². The van der Waals surface area contributed by atoms with Gasteiger partial charge in [-0.1, -0.05) is 6.07 Å². The van der Waals surface area contributed by atoms with Crippen LogP contribution in [0.25, 0.3) is 0 Å². The minimum atomic E-state index is -0.0888. The smallest absolute Gasteiger partial charge is 0.125 e. The summed E-state index contributed by atoms with van der Waals surface area (Å²) < 4.78 is 10.8. The summed E-state index contributed by atoms with van der Waals surface area (Å²) in [5.41, 5.74) is 9.39. The van der Waals surface area contributed by atoms with Crippen molar-refractivity contribution in [3.05, 3.63) is 47.4 Å². The number of methoxy groups -OCH3 is 1. The van der Waals surface area contributed by atoms with Crippen LogP contribution in [0.1, 0.15) is 29.9 Å². The third kappa shape index (κ3) is 2.80. The number of furan rings is 1. The molecule has 2 N–H and O–H groups in total. The highest BCUT2D eigenvalue weighted by Crippen LogP contribution is 2.33. The Hall–Kier alpha value is -1.94. The van der Waals surface area contributed by atoms with Gasteiger partial charge in [-0.25, -0.2) is 0 Å². The van der Waals surface area contributed by atoms with Gasteiger partial charge in [0.25, 0.3) is 0 Å². The van der Waals surface area contributed by atoms with Crippen LogP contribution in [-0.2, 0) is 6.54 Å². The lowest BCUT2D eigenvalue weighted by molar-refractivity contribution is 0.407. The summed E-state index contributed by atoms with van der Waals surface area (Å²) >= 11 is 0. The first kappa shape index (κ1) is 14.5. The van der Waals surface area contributed by atoms with Crippen molar-refractivity contribution in [2.75, 3.05) is 19.1 Å². The van der Waals surface area contributed by atoms with E-state index in [1.165, 1.54) is 5.56 Å². The van der Waals surface area contributed by atoms with Crippen LogP contribution in [0.4, 0.5) is 5.69 Å². The molecule has 4 nitrogen and oxygen atoms in total. The normalized spacial score (nSPS) is 12.2. The van der Waals surface area contributed by atoms with Gasteiger partial charge in [0.2, 0.25) is 0 Å². The van der Waals surface area contributed by atoms with E-state index in [2.05, 4.69) is 11.0 Å². The Bertz CT molecular complexity index is 576. The van der Waals surface area contributed by atoms with Crippen LogP contribution in [0.2, 0.25) is 0 Å². The zero-order valence-electron chi connectivity index (χ0n) is 12.5. The second kappa shape index (κ2) is 6.01. The number of hydrogen-bond donors (Lipinski definition) is 1. The van der Waals surface area contributed by atoms with Crippen LogP contribution in [0, 0.1) is 6.92 Å². The van der Waals surface area contributed by atoms with Crippen molar-refractivity contribution in [3.63, 3.8) is 0 Å². The molecule has 0 saturated carbocycles. The Labute approximate surface area is 120 Å². The molecule has 0 unspecified atom stereocenters. The number of ether oxygens (including phenoxy) is 1. The van der Waals surface area contributed by atoms with Gasteiger partial charge >= 0.3 is 0 Å². The van der Waals surface area contributed by atoms with Crippen LogP contribution in [-0.4, -0.2) is 14.2 Å². The maximum absolute atomic E-state index is 6.11. The number of nitrogens with two attached hydrogens (primary N) is 1. The van der Waals surface area contributed by atoms with Gasteiger partial charge in [0.05, 0.1) is 13.4 Å². The van der Waals surface area contributed by atoms with Crippen molar-refractivity contribution in [1.82, 2.24) is 0 Å². The van der Waals surface area contributed by atoms with E-state index in [4.69, 9.17) is 14.9 Å². The van der Waals surface area contributed by atoms with Crippen molar-refractivity contribution in [1.29, 1.82) is 0 Å². The fourth-order valence-corrected chi connectivity index (χ4v) is 2.42. The first-order valence-corrected chi connectivity index (χ1v) is 6.71. The van der Waals surface area contributed by atoms with Crippen molar-refractivity contribution < 1.29 is 9.15 Å². The molecule has 108 valence electrons. The molecule has 2 rings (SSSR count). The lowest BCUT2D eigenvalue weighted by atomic mass is 10.0. The summed E-state index contributed by atoms with van der Waals surface area (Å²) in [6.45, 7) is 4.72. The van der Waals surface area contributed by atoms with Gasteiger partial charge in [-0.05, 0) is 32.0 Å². The van der Waals surface area contributed by atoms with E-state index < -0.39 is 0 Å². The fourth-order valence-electron chi connectivity index (χ4n) is 2.42. The van der Waals surface area contributed by atoms with Crippen molar-refractivity contribution in [2.45, 2.75) is 26.4 Å². The molecule has 1 aromatic carbocycles. The highest BCUT2D eigenvalue weighted by molar-refractivity contribution is 5.60. The summed E-state index contributed by atoms with van der Waals surface area (Å²) in [6, 6.07) is 7.90. The Balaban J connectivity index is 2.34. The zero-order chi connectivity index (χ0) is 14.7. The van der Waals surface area contributed by atoms with Crippen molar-refractivity contribution >= 4 is 5.69 Å². The fraction of sp³-hybridized carbons (Fsp3) is 0.375. The summed E-state index contributed by atoms with van der Waals surface area (Å²) in [7, 11) is 3.72. The summed E-state index contributed by atoms with van der Waals surface area (Å²) in [6.07, 6.45) is 1.72. The number of anilines is 1. The molecule has 0 aliphatic carbocycles. The van der Waals surface area contributed by atoms with Crippen LogP contribution < -0.4 is 15.4 Å². The lowest BCUT2D eigenvalue weighted by Gasteiger charge is -2.25. The van der Waals surface area contributed by atoms with Gasteiger partial charge < -0.3 is 19.8 Å². The average molecular weight is 274 g/mol. The van der Waals surface area contributed by atoms with E-state index in [9.17, 15) is 0 Å². The van der Waals surface area contributed by atoms with Crippen LogP contribution in [0.3, 0.4) is 0 Å². The quantitative estimate of drug-likeness (QED) is 0.909. The van der Waals surface area contributed by atoms with E-state index >= 15 is 0 Å². The first-order chi connectivity index (χ1) is 9.54. The number of nitrogens with zero attached hydrogens (tertiary/aromatic N) is 1. The molecule has 1 aromatic heterocycles. The Kier molecular flexibility index (Phi) is 4.35. The van der Waals surface area contributed by atoms with Gasteiger partial charge in [-0.15, -0.1) is 0 Å². The second-order valence-electron chi connectivity index (χ2n) is 5.04. The predicted octanol–water partition coefficient (Wildman–Crippen LogP) is 3.25. The van der Waals surface area contributed by atoms with Crippen LogP contribution in [0.15, 0.2) is 34.9 Å². The van der Waals surface area contributed by atoms with Gasteiger partial charge in [-0.3, -0.25) is 0 Å². The minimum Gasteiger partial charge on any atom is -0.496 e. The van der Waals surface area contributed by atoms with Gasteiger partial charge in [0.1, 0.15) is 11.5 Å². The molecule has 0 spiro atoms. The minimum absolute atomic E-state index is 0.0888. The van der Waals surface area contributed by atoms with E-state index in [0.717, 1.165) is 29.3 Å². The molecule has 0 bridgehead atoms. The van der Waals surface area contributed by atoms with Crippen LogP contribution >= 0.6 is 0 Å². The highest BCUT2D eigenvalue weighted by Gasteiger charge is 2.16. The van der Waals surface area contributed by atoms with E-state index in [1.807, 2.05) is 39.1 Å². The molecular weight excluding hydrogens is 252 g/mol. The third-order valence-corrected chi connectivity index (χ3v) is 3.50. The molecular formula is C16H22N2O2. The molecule has 0 saturated heterocycles. The number of benzene rings is 1. The zero-order valence-corrected chi connectivity index (χ0v) is 12.5. The molecule has 1 atom stereocenters. The summed E-state index contributed by atoms with van der Waals surface area (Å²) in [5.74, 6) is 1.77. The molecule has 20 heavy (non-hydrogen) atoms.